The van der Waals surface area contributed by atoms with Gasteiger partial charge in [-0.25, -0.2) is 0 Å². The Hall–Kier alpha value is -0.760. The van der Waals surface area contributed by atoms with Crippen LogP contribution >= 0.6 is 0 Å². The summed E-state index contributed by atoms with van der Waals surface area (Å²) in [4.78, 5) is 0. The monoisotopic (exact) mass is 164 g/mol. The maximum atomic E-state index is 3.42. The van der Waals surface area contributed by atoms with Crippen molar-refractivity contribution < 1.29 is 0 Å². The molecule has 66 valence electrons. The normalized spacial score (nSPS) is 22.8. The predicted molar refractivity (Wildman–Crippen MR) is 50.2 cm³/mol. The smallest absolute Gasteiger partial charge is 0.0487 e. The Kier molecular flexibility index (Phi) is 1.93. The van der Waals surface area contributed by atoms with E-state index in [1.807, 2.05) is 0 Å². The van der Waals surface area contributed by atoms with Gasteiger partial charge in [0.05, 0.1) is 0 Å². The molecule has 0 amide bonds. The summed E-state index contributed by atoms with van der Waals surface area (Å²) in [5.74, 6) is 0. The molecule has 1 saturated heterocycles. The Labute approximate surface area is 73.6 Å². The molecule has 1 aromatic heterocycles. The average Bonchev–Trinajstić information content (AvgIpc) is 2.31. The van der Waals surface area contributed by atoms with Crippen LogP contribution in [-0.2, 0) is 0 Å². The number of nitrogens with zero attached hydrogens (tertiary/aromatic N) is 1. The number of hydrogen-bond donors (Lipinski definition) is 1. The van der Waals surface area contributed by atoms with Crippen LogP contribution in [0.25, 0.3) is 0 Å². The quantitative estimate of drug-likeness (QED) is 0.708. The van der Waals surface area contributed by atoms with Crippen LogP contribution < -0.4 is 5.32 Å². The molecule has 0 radical (unpaired) electrons. The fraction of sp³-hybridized carbons (Fsp3) is 0.600. The summed E-state index contributed by atoms with van der Waals surface area (Å²) < 4.78 is 2.34. The van der Waals surface area contributed by atoms with E-state index in [1.54, 1.807) is 0 Å². The first-order valence-corrected chi connectivity index (χ1v) is 4.69. The zero-order valence-corrected chi connectivity index (χ0v) is 7.75. The van der Waals surface area contributed by atoms with Gasteiger partial charge in [0.2, 0.25) is 0 Å². The van der Waals surface area contributed by atoms with Crippen LogP contribution in [0, 0.1) is 0 Å². The Morgan fingerprint density at radius 3 is 2.83 bits per heavy atom. The van der Waals surface area contributed by atoms with Gasteiger partial charge in [-0.2, -0.15) is 0 Å². The molecule has 0 bridgehead atoms. The third kappa shape index (κ3) is 1.16. The van der Waals surface area contributed by atoms with Crippen LogP contribution in [0.2, 0.25) is 0 Å². The molecule has 2 rings (SSSR count). The van der Waals surface area contributed by atoms with Gasteiger partial charge in [-0.05, 0) is 38.9 Å². The van der Waals surface area contributed by atoms with Crippen molar-refractivity contribution in [3.63, 3.8) is 0 Å². The maximum absolute atomic E-state index is 3.42. The van der Waals surface area contributed by atoms with Crippen LogP contribution in [0.3, 0.4) is 0 Å². The van der Waals surface area contributed by atoms with Crippen molar-refractivity contribution in [1.29, 1.82) is 0 Å². The van der Waals surface area contributed by atoms with E-state index in [2.05, 4.69) is 42.1 Å². The lowest BCUT2D eigenvalue weighted by atomic mass is 10.0. The van der Waals surface area contributed by atoms with Gasteiger partial charge in [-0.15, -0.1) is 0 Å². The molecule has 2 nitrogen and oxygen atoms in total. The van der Waals surface area contributed by atoms with Crippen LogP contribution in [-0.4, -0.2) is 11.1 Å². The molecule has 1 aromatic rings. The minimum absolute atomic E-state index is 0.581. The first kappa shape index (κ1) is 7.87. The molecule has 0 spiro atoms. The van der Waals surface area contributed by atoms with Crippen molar-refractivity contribution in [3.05, 3.63) is 24.0 Å². The number of nitrogens with one attached hydrogen (secondary N) is 1. The number of rotatable bonds is 2. The standard InChI is InChI=1S/C10H16N2/c1-8(2)12-7-3-4-10(12)9-5-6-11-9/h3-4,7-9,11H,5-6H2,1-2H3/t9-/m0/s1. The highest BCUT2D eigenvalue weighted by atomic mass is 15.1. The topological polar surface area (TPSA) is 17.0 Å². The zero-order valence-electron chi connectivity index (χ0n) is 7.75. The van der Waals surface area contributed by atoms with Crippen LogP contribution in [0.15, 0.2) is 18.3 Å². The van der Waals surface area contributed by atoms with E-state index in [-0.39, 0.29) is 0 Å². The van der Waals surface area contributed by atoms with Gasteiger partial charge >= 0.3 is 0 Å². The second-order valence-electron chi connectivity index (χ2n) is 3.73. The summed E-state index contributed by atoms with van der Waals surface area (Å²) in [6.45, 7) is 5.62. The lowest BCUT2D eigenvalue weighted by Gasteiger charge is -2.29. The molecule has 1 aliphatic rings. The highest BCUT2D eigenvalue weighted by molar-refractivity contribution is 5.15. The van der Waals surface area contributed by atoms with Crippen LogP contribution in [0.5, 0.6) is 0 Å². The minimum atomic E-state index is 0.581. The van der Waals surface area contributed by atoms with E-state index in [1.165, 1.54) is 18.7 Å². The second-order valence-corrected chi connectivity index (χ2v) is 3.73. The summed E-state index contributed by atoms with van der Waals surface area (Å²) >= 11 is 0. The summed E-state index contributed by atoms with van der Waals surface area (Å²) in [6.07, 6.45) is 3.46. The van der Waals surface area contributed by atoms with E-state index in [9.17, 15) is 0 Å². The van der Waals surface area contributed by atoms with Crippen LogP contribution in [0.4, 0.5) is 0 Å². The molecule has 1 aliphatic heterocycles. The van der Waals surface area contributed by atoms with E-state index in [0.717, 1.165) is 0 Å². The molecule has 2 heteroatoms. The van der Waals surface area contributed by atoms with Crippen molar-refractivity contribution in [1.82, 2.24) is 9.88 Å². The first-order chi connectivity index (χ1) is 5.79. The van der Waals surface area contributed by atoms with Crippen molar-refractivity contribution >= 4 is 0 Å². The van der Waals surface area contributed by atoms with Gasteiger partial charge in [-0.3, -0.25) is 0 Å². The third-order valence-corrected chi connectivity index (χ3v) is 2.55. The van der Waals surface area contributed by atoms with E-state index >= 15 is 0 Å². The fourth-order valence-electron chi connectivity index (χ4n) is 1.71. The molecule has 0 aliphatic carbocycles. The number of aromatic nitrogens is 1. The van der Waals surface area contributed by atoms with Gasteiger partial charge in [-0.1, -0.05) is 0 Å². The number of hydrogen-bond acceptors (Lipinski definition) is 1. The van der Waals surface area contributed by atoms with E-state index in [4.69, 9.17) is 0 Å². The highest BCUT2D eigenvalue weighted by Crippen LogP contribution is 2.25. The van der Waals surface area contributed by atoms with Crippen molar-refractivity contribution in [3.8, 4) is 0 Å². The Morgan fingerprint density at radius 2 is 2.33 bits per heavy atom. The van der Waals surface area contributed by atoms with Crippen LogP contribution in [0.1, 0.15) is 38.0 Å². The van der Waals surface area contributed by atoms with Crippen molar-refractivity contribution in [2.45, 2.75) is 32.4 Å². The van der Waals surface area contributed by atoms with Gasteiger partial charge in [0, 0.05) is 24.0 Å². The SMILES string of the molecule is CC(C)n1cccc1[C@@H]1CCN1. The molecular weight excluding hydrogens is 148 g/mol. The molecule has 1 atom stereocenters. The summed E-state index contributed by atoms with van der Waals surface area (Å²) in [6, 6.07) is 5.55. The summed E-state index contributed by atoms with van der Waals surface area (Å²) in [5.41, 5.74) is 1.44. The second kappa shape index (κ2) is 2.94. The lowest BCUT2D eigenvalue weighted by Crippen LogP contribution is -2.36. The van der Waals surface area contributed by atoms with E-state index in [0.29, 0.717) is 12.1 Å². The van der Waals surface area contributed by atoms with E-state index < -0.39 is 0 Å². The predicted octanol–water partition coefficient (Wildman–Crippen LogP) is 2.10. The molecule has 0 unspecified atom stereocenters. The Balaban J connectivity index is 2.23. The van der Waals surface area contributed by atoms with Gasteiger partial charge < -0.3 is 9.88 Å². The highest BCUT2D eigenvalue weighted by Gasteiger charge is 2.21. The molecule has 12 heavy (non-hydrogen) atoms. The summed E-state index contributed by atoms with van der Waals surface area (Å²) in [7, 11) is 0. The largest absolute Gasteiger partial charge is 0.347 e. The van der Waals surface area contributed by atoms with Gasteiger partial charge in [0.15, 0.2) is 0 Å². The van der Waals surface area contributed by atoms with Gasteiger partial charge in [0.25, 0.3) is 0 Å². The zero-order chi connectivity index (χ0) is 8.55. The molecular formula is C10H16N2. The first-order valence-electron chi connectivity index (χ1n) is 4.69. The van der Waals surface area contributed by atoms with Gasteiger partial charge in [0.1, 0.15) is 0 Å². The summed E-state index contributed by atoms with van der Waals surface area (Å²) in [5, 5.41) is 3.42. The lowest BCUT2D eigenvalue weighted by molar-refractivity contribution is 0.356. The Morgan fingerprint density at radius 1 is 1.58 bits per heavy atom. The maximum Gasteiger partial charge on any atom is 0.0487 e. The fourth-order valence-corrected chi connectivity index (χ4v) is 1.71. The molecule has 0 aromatic carbocycles. The minimum Gasteiger partial charge on any atom is -0.347 e. The molecule has 1 fully saturated rings. The molecule has 0 saturated carbocycles. The van der Waals surface area contributed by atoms with Crippen molar-refractivity contribution in [2.75, 3.05) is 6.54 Å². The third-order valence-electron chi connectivity index (χ3n) is 2.55. The Bertz CT molecular complexity index is 259. The van der Waals surface area contributed by atoms with Crippen molar-refractivity contribution in [2.24, 2.45) is 0 Å². The molecule has 1 N–H and O–H groups in total. The molecule has 2 heterocycles. The average molecular weight is 164 g/mol.